The highest BCUT2D eigenvalue weighted by molar-refractivity contribution is 5.91. The highest BCUT2D eigenvalue weighted by Gasteiger charge is 2.10. The quantitative estimate of drug-likeness (QED) is 0.804. The largest absolute Gasteiger partial charge is 0.356 e. The first-order valence-corrected chi connectivity index (χ1v) is 5.00. The van der Waals surface area contributed by atoms with Gasteiger partial charge in [0.15, 0.2) is 5.78 Å². The average Bonchev–Trinajstić information content (AvgIpc) is 2.22. The highest BCUT2D eigenvalue weighted by Crippen LogP contribution is 2.20. The first-order chi connectivity index (χ1) is 7.25. The molecule has 0 fully saturated rings. The number of anilines is 1. The lowest BCUT2D eigenvalue weighted by atomic mass is 10.0. The van der Waals surface area contributed by atoms with Crippen LogP contribution in [-0.2, 0) is 4.79 Å². The molecule has 2 rings (SSSR count). The Balaban J connectivity index is 2.15. The molecule has 78 valence electrons. The van der Waals surface area contributed by atoms with Crippen molar-refractivity contribution >= 4 is 11.5 Å². The van der Waals surface area contributed by atoms with Crippen LogP contribution in [-0.4, -0.2) is 5.78 Å². The van der Waals surface area contributed by atoms with Crippen molar-refractivity contribution in [2.75, 3.05) is 5.32 Å². The number of benzene rings is 1. The molecule has 0 heterocycles. The van der Waals surface area contributed by atoms with Crippen LogP contribution >= 0.6 is 0 Å². The van der Waals surface area contributed by atoms with E-state index < -0.39 is 0 Å². The average molecular weight is 205 g/mol. The molecule has 1 N–H and O–H groups in total. The van der Waals surface area contributed by atoms with Gasteiger partial charge in [-0.1, -0.05) is 12.1 Å². The molecule has 0 aromatic heterocycles. The summed E-state index contributed by atoms with van der Waals surface area (Å²) >= 11 is 0. The molecule has 2 nitrogen and oxygen atoms in total. The van der Waals surface area contributed by atoms with Gasteiger partial charge in [-0.25, -0.2) is 4.39 Å². The molecule has 0 radical (unpaired) electrons. The monoisotopic (exact) mass is 205 g/mol. The molecule has 0 atom stereocenters. The van der Waals surface area contributed by atoms with Crippen LogP contribution in [0.2, 0.25) is 0 Å². The molecule has 0 saturated carbocycles. The predicted molar refractivity (Wildman–Crippen MR) is 57.0 cm³/mol. The summed E-state index contributed by atoms with van der Waals surface area (Å²) in [6.45, 7) is 0. The smallest absolute Gasteiger partial charge is 0.157 e. The Morgan fingerprint density at radius 3 is 2.73 bits per heavy atom. The summed E-state index contributed by atoms with van der Waals surface area (Å²) < 4.78 is 13.3. The SMILES string of the molecule is O=C1C=C(Nc2ccccc2F)CCC1. The van der Waals surface area contributed by atoms with Crippen molar-refractivity contribution in [2.45, 2.75) is 19.3 Å². The van der Waals surface area contributed by atoms with Crippen molar-refractivity contribution in [3.8, 4) is 0 Å². The number of hydrogen-bond acceptors (Lipinski definition) is 2. The van der Waals surface area contributed by atoms with Crippen molar-refractivity contribution in [2.24, 2.45) is 0 Å². The minimum absolute atomic E-state index is 0.111. The zero-order valence-electron chi connectivity index (χ0n) is 8.29. The van der Waals surface area contributed by atoms with Crippen molar-refractivity contribution in [3.63, 3.8) is 0 Å². The first kappa shape index (κ1) is 9.90. The van der Waals surface area contributed by atoms with Gasteiger partial charge in [-0.15, -0.1) is 0 Å². The second-order valence-corrected chi connectivity index (χ2v) is 3.59. The molecule has 15 heavy (non-hydrogen) atoms. The van der Waals surface area contributed by atoms with Gasteiger partial charge in [0.25, 0.3) is 0 Å². The van der Waals surface area contributed by atoms with Crippen molar-refractivity contribution in [1.29, 1.82) is 0 Å². The second-order valence-electron chi connectivity index (χ2n) is 3.59. The molecule has 1 aliphatic rings. The Kier molecular flexibility index (Phi) is 2.81. The van der Waals surface area contributed by atoms with E-state index in [-0.39, 0.29) is 11.6 Å². The number of halogens is 1. The Morgan fingerprint density at radius 2 is 2.00 bits per heavy atom. The summed E-state index contributed by atoms with van der Waals surface area (Å²) in [5.41, 5.74) is 1.23. The summed E-state index contributed by atoms with van der Waals surface area (Å²) in [4.78, 5) is 11.1. The molecule has 0 unspecified atom stereocenters. The van der Waals surface area contributed by atoms with Gasteiger partial charge in [-0.05, 0) is 25.0 Å². The van der Waals surface area contributed by atoms with E-state index in [2.05, 4.69) is 5.32 Å². The summed E-state index contributed by atoms with van der Waals surface area (Å²) in [5, 5.41) is 2.94. The Morgan fingerprint density at radius 1 is 1.20 bits per heavy atom. The molecule has 0 saturated heterocycles. The third-order valence-electron chi connectivity index (χ3n) is 2.37. The Bertz CT molecular complexity index is 412. The predicted octanol–water partition coefficient (Wildman–Crippen LogP) is 2.87. The molecule has 3 heteroatoms. The number of rotatable bonds is 2. The molecule has 0 bridgehead atoms. The second kappa shape index (κ2) is 4.26. The molecule has 1 aromatic rings. The third kappa shape index (κ3) is 2.43. The zero-order valence-corrected chi connectivity index (χ0v) is 8.29. The Labute approximate surface area is 87.8 Å². The molecule has 0 amide bonds. The number of hydrogen-bond donors (Lipinski definition) is 1. The van der Waals surface area contributed by atoms with E-state index in [4.69, 9.17) is 0 Å². The normalized spacial score (nSPS) is 16.1. The van der Waals surface area contributed by atoms with E-state index in [0.717, 1.165) is 18.5 Å². The summed E-state index contributed by atoms with van der Waals surface area (Å²) in [5.74, 6) is -0.184. The topological polar surface area (TPSA) is 29.1 Å². The van der Waals surface area contributed by atoms with Crippen molar-refractivity contribution in [1.82, 2.24) is 0 Å². The van der Waals surface area contributed by atoms with E-state index >= 15 is 0 Å². The fourth-order valence-corrected chi connectivity index (χ4v) is 1.63. The lowest BCUT2D eigenvalue weighted by Crippen LogP contribution is -2.09. The van der Waals surface area contributed by atoms with E-state index in [1.165, 1.54) is 6.07 Å². The fraction of sp³-hybridized carbons (Fsp3) is 0.250. The summed E-state index contributed by atoms with van der Waals surface area (Å²) in [6, 6.07) is 6.46. The number of para-hydroxylation sites is 1. The van der Waals surface area contributed by atoms with Crippen LogP contribution in [0.4, 0.5) is 10.1 Å². The van der Waals surface area contributed by atoms with E-state index in [0.29, 0.717) is 12.1 Å². The number of carbonyl (C=O) groups is 1. The molecule has 0 spiro atoms. The van der Waals surface area contributed by atoms with Crippen LogP contribution < -0.4 is 5.32 Å². The number of carbonyl (C=O) groups excluding carboxylic acids is 1. The molecular weight excluding hydrogens is 193 g/mol. The van der Waals surface area contributed by atoms with Crippen LogP contribution in [0, 0.1) is 5.82 Å². The number of allylic oxidation sites excluding steroid dienone is 2. The first-order valence-electron chi connectivity index (χ1n) is 5.00. The van der Waals surface area contributed by atoms with E-state index in [1.54, 1.807) is 24.3 Å². The van der Waals surface area contributed by atoms with Gasteiger partial charge in [0, 0.05) is 18.2 Å². The van der Waals surface area contributed by atoms with Crippen molar-refractivity contribution in [3.05, 3.63) is 41.9 Å². The van der Waals surface area contributed by atoms with Gasteiger partial charge >= 0.3 is 0 Å². The molecular formula is C12H12FNO. The fourth-order valence-electron chi connectivity index (χ4n) is 1.63. The lowest BCUT2D eigenvalue weighted by molar-refractivity contribution is -0.115. The van der Waals surface area contributed by atoms with Gasteiger partial charge in [0.05, 0.1) is 5.69 Å². The van der Waals surface area contributed by atoms with Crippen LogP contribution in [0.25, 0.3) is 0 Å². The van der Waals surface area contributed by atoms with Gasteiger partial charge < -0.3 is 5.32 Å². The number of ketones is 1. The minimum atomic E-state index is -0.295. The van der Waals surface area contributed by atoms with Gasteiger partial charge in [0.1, 0.15) is 5.82 Å². The van der Waals surface area contributed by atoms with Gasteiger partial charge in [-0.2, -0.15) is 0 Å². The standard InChI is InChI=1S/C12H12FNO/c13-11-6-1-2-7-12(11)14-9-4-3-5-10(15)8-9/h1-2,6-8,14H,3-5H2. The maximum Gasteiger partial charge on any atom is 0.157 e. The lowest BCUT2D eigenvalue weighted by Gasteiger charge is -2.14. The maximum absolute atomic E-state index is 13.3. The van der Waals surface area contributed by atoms with Gasteiger partial charge in [0.2, 0.25) is 0 Å². The summed E-state index contributed by atoms with van der Waals surface area (Å²) in [6.07, 6.45) is 3.81. The molecule has 1 aliphatic carbocycles. The van der Waals surface area contributed by atoms with Crippen LogP contribution in [0.5, 0.6) is 0 Å². The van der Waals surface area contributed by atoms with Crippen LogP contribution in [0.1, 0.15) is 19.3 Å². The zero-order chi connectivity index (χ0) is 10.7. The third-order valence-corrected chi connectivity index (χ3v) is 2.37. The maximum atomic E-state index is 13.3. The molecule has 1 aromatic carbocycles. The highest BCUT2D eigenvalue weighted by atomic mass is 19.1. The van der Waals surface area contributed by atoms with E-state index in [9.17, 15) is 9.18 Å². The van der Waals surface area contributed by atoms with E-state index in [1.807, 2.05) is 0 Å². The van der Waals surface area contributed by atoms with Crippen LogP contribution in [0.15, 0.2) is 36.0 Å². The summed E-state index contributed by atoms with van der Waals surface area (Å²) in [7, 11) is 0. The molecule has 0 aliphatic heterocycles. The van der Waals surface area contributed by atoms with Crippen LogP contribution in [0.3, 0.4) is 0 Å². The van der Waals surface area contributed by atoms with Crippen molar-refractivity contribution < 1.29 is 9.18 Å². The van der Waals surface area contributed by atoms with Gasteiger partial charge in [-0.3, -0.25) is 4.79 Å². The number of nitrogens with one attached hydrogen (secondary N) is 1. The minimum Gasteiger partial charge on any atom is -0.356 e. The Hall–Kier alpha value is -1.64.